The maximum absolute atomic E-state index is 5.52. The van der Waals surface area contributed by atoms with E-state index in [0.717, 1.165) is 32.0 Å². The zero-order valence-corrected chi connectivity index (χ0v) is 11.2. The largest absolute Gasteiger partial charge is 0.379 e. The van der Waals surface area contributed by atoms with Gasteiger partial charge in [-0.15, -0.1) is 0 Å². The number of nitrogens with one attached hydrogen (secondary N) is 1. The van der Waals surface area contributed by atoms with Crippen LogP contribution >= 0.6 is 0 Å². The molecule has 1 atom stereocenters. The van der Waals surface area contributed by atoms with E-state index in [9.17, 15) is 0 Å². The highest BCUT2D eigenvalue weighted by Gasteiger charge is 2.16. The average Bonchev–Trinajstić information content (AvgIpc) is 2.28. The molecule has 1 saturated heterocycles. The molecule has 0 aliphatic carbocycles. The first kappa shape index (κ1) is 14.9. The van der Waals surface area contributed by atoms with Gasteiger partial charge in [0.1, 0.15) is 0 Å². The standard InChI is InChI=1S/C13H27NO3/c1-3-12(2)4-5-15-6-7-16-8-9-17-13-10-14-11-13/h12-14H,3-11H2,1-2H3. The topological polar surface area (TPSA) is 39.7 Å². The lowest BCUT2D eigenvalue weighted by atomic mass is 10.1. The molecule has 102 valence electrons. The Morgan fingerprint density at radius 3 is 2.29 bits per heavy atom. The molecule has 17 heavy (non-hydrogen) atoms. The van der Waals surface area contributed by atoms with Crippen LogP contribution < -0.4 is 5.32 Å². The lowest BCUT2D eigenvalue weighted by molar-refractivity contribution is -0.0275. The van der Waals surface area contributed by atoms with Crippen LogP contribution in [-0.4, -0.2) is 52.2 Å². The lowest BCUT2D eigenvalue weighted by Crippen LogP contribution is -2.48. The number of ether oxygens (including phenoxy) is 3. The Hall–Kier alpha value is -0.160. The summed E-state index contributed by atoms with van der Waals surface area (Å²) >= 11 is 0. The molecule has 0 aromatic heterocycles. The molecule has 1 N–H and O–H groups in total. The fourth-order valence-corrected chi connectivity index (χ4v) is 1.46. The zero-order chi connectivity index (χ0) is 12.3. The molecule has 0 aromatic carbocycles. The van der Waals surface area contributed by atoms with Crippen molar-refractivity contribution in [1.82, 2.24) is 5.32 Å². The van der Waals surface area contributed by atoms with Crippen molar-refractivity contribution in [3.05, 3.63) is 0 Å². The van der Waals surface area contributed by atoms with Crippen LogP contribution in [0.4, 0.5) is 0 Å². The van der Waals surface area contributed by atoms with Gasteiger partial charge in [0, 0.05) is 19.7 Å². The second kappa shape index (κ2) is 9.83. The van der Waals surface area contributed by atoms with E-state index in [2.05, 4.69) is 19.2 Å². The number of rotatable bonds is 11. The third-order valence-corrected chi connectivity index (χ3v) is 3.15. The van der Waals surface area contributed by atoms with E-state index < -0.39 is 0 Å². The molecule has 0 radical (unpaired) electrons. The Morgan fingerprint density at radius 1 is 1.06 bits per heavy atom. The third kappa shape index (κ3) is 7.71. The average molecular weight is 245 g/mol. The molecular weight excluding hydrogens is 218 g/mol. The highest BCUT2D eigenvalue weighted by atomic mass is 16.5. The normalized spacial score (nSPS) is 18.0. The molecule has 0 amide bonds. The maximum Gasteiger partial charge on any atom is 0.0824 e. The van der Waals surface area contributed by atoms with E-state index >= 15 is 0 Å². The van der Waals surface area contributed by atoms with Crippen LogP contribution in [-0.2, 0) is 14.2 Å². The van der Waals surface area contributed by atoms with Crippen molar-refractivity contribution in [3.8, 4) is 0 Å². The predicted octanol–water partition coefficient (Wildman–Crippen LogP) is 1.44. The van der Waals surface area contributed by atoms with Gasteiger partial charge in [0.25, 0.3) is 0 Å². The first-order valence-corrected chi connectivity index (χ1v) is 6.80. The van der Waals surface area contributed by atoms with Crippen LogP contribution in [0.5, 0.6) is 0 Å². The fourth-order valence-electron chi connectivity index (χ4n) is 1.46. The van der Waals surface area contributed by atoms with Gasteiger partial charge in [-0.2, -0.15) is 0 Å². The van der Waals surface area contributed by atoms with Crippen molar-refractivity contribution < 1.29 is 14.2 Å². The van der Waals surface area contributed by atoms with Crippen LogP contribution in [0.1, 0.15) is 26.7 Å². The van der Waals surface area contributed by atoms with Gasteiger partial charge in [0.2, 0.25) is 0 Å². The second-order valence-corrected chi connectivity index (χ2v) is 4.68. The molecule has 1 heterocycles. The van der Waals surface area contributed by atoms with Crippen molar-refractivity contribution in [2.75, 3.05) is 46.1 Å². The van der Waals surface area contributed by atoms with Gasteiger partial charge in [0.05, 0.1) is 32.5 Å². The van der Waals surface area contributed by atoms with Gasteiger partial charge in [-0.3, -0.25) is 0 Å². The summed E-state index contributed by atoms with van der Waals surface area (Å²) in [5, 5.41) is 3.16. The molecule has 1 rings (SSSR count). The quantitative estimate of drug-likeness (QED) is 0.559. The van der Waals surface area contributed by atoms with Crippen LogP contribution in [0.25, 0.3) is 0 Å². The van der Waals surface area contributed by atoms with E-state index in [1.54, 1.807) is 0 Å². The molecule has 0 bridgehead atoms. The summed E-state index contributed by atoms with van der Waals surface area (Å²) < 4.78 is 16.4. The Labute approximate surface area is 105 Å². The smallest absolute Gasteiger partial charge is 0.0824 e. The first-order chi connectivity index (χ1) is 8.33. The van der Waals surface area contributed by atoms with Crippen molar-refractivity contribution in [1.29, 1.82) is 0 Å². The fraction of sp³-hybridized carbons (Fsp3) is 1.00. The van der Waals surface area contributed by atoms with E-state index in [-0.39, 0.29) is 0 Å². The van der Waals surface area contributed by atoms with Gasteiger partial charge in [-0.1, -0.05) is 20.3 Å². The summed E-state index contributed by atoms with van der Waals surface area (Å²) in [5.41, 5.74) is 0. The summed E-state index contributed by atoms with van der Waals surface area (Å²) in [6.07, 6.45) is 2.78. The van der Waals surface area contributed by atoms with E-state index in [0.29, 0.717) is 32.5 Å². The molecule has 1 aliphatic rings. The molecule has 0 spiro atoms. The van der Waals surface area contributed by atoms with Gasteiger partial charge in [0.15, 0.2) is 0 Å². The monoisotopic (exact) mass is 245 g/mol. The minimum atomic E-state index is 0.408. The summed E-state index contributed by atoms with van der Waals surface area (Å²) in [4.78, 5) is 0. The van der Waals surface area contributed by atoms with Gasteiger partial charge >= 0.3 is 0 Å². The minimum absolute atomic E-state index is 0.408. The molecular formula is C13H27NO3. The van der Waals surface area contributed by atoms with Crippen molar-refractivity contribution in [3.63, 3.8) is 0 Å². The Kier molecular flexibility index (Phi) is 8.61. The van der Waals surface area contributed by atoms with Crippen LogP contribution in [0.2, 0.25) is 0 Å². The highest BCUT2D eigenvalue weighted by molar-refractivity contribution is 4.74. The molecule has 0 aromatic rings. The van der Waals surface area contributed by atoms with Gasteiger partial charge in [-0.25, -0.2) is 0 Å². The Balaban J connectivity index is 1.69. The highest BCUT2D eigenvalue weighted by Crippen LogP contribution is 2.05. The Bertz CT molecular complexity index is 163. The summed E-state index contributed by atoms with van der Waals surface area (Å²) in [5.74, 6) is 0.764. The zero-order valence-electron chi connectivity index (χ0n) is 11.2. The van der Waals surface area contributed by atoms with Crippen molar-refractivity contribution >= 4 is 0 Å². The summed E-state index contributed by atoms with van der Waals surface area (Å²) in [7, 11) is 0. The van der Waals surface area contributed by atoms with Crippen LogP contribution in [0, 0.1) is 5.92 Å². The van der Waals surface area contributed by atoms with Crippen molar-refractivity contribution in [2.45, 2.75) is 32.8 Å². The summed E-state index contributed by atoms with van der Waals surface area (Å²) in [6, 6.07) is 0. The SMILES string of the molecule is CCC(C)CCOCCOCCOC1CNC1. The van der Waals surface area contributed by atoms with E-state index in [1.807, 2.05) is 0 Å². The molecule has 1 aliphatic heterocycles. The van der Waals surface area contributed by atoms with Crippen LogP contribution in [0.3, 0.4) is 0 Å². The van der Waals surface area contributed by atoms with Crippen LogP contribution in [0.15, 0.2) is 0 Å². The molecule has 4 heteroatoms. The van der Waals surface area contributed by atoms with E-state index in [4.69, 9.17) is 14.2 Å². The van der Waals surface area contributed by atoms with Gasteiger partial charge in [-0.05, 0) is 12.3 Å². The van der Waals surface area contributed by atoms with Gasteiger partial charge < -0.3 is 19.5 Å². The maximum atomic E-state index is 5.52. The predicted molar refractivity (Wildman–Crippen MR) is 68.3 cm³/mol. The lowest BCUT2D eigenvalue weighted by Gasteiger charge is -2.26. The summed E-state index contributed by atoms with van der Waals surface area (Å²) in [6.45, 7) is 10.0. The molecule has 0 saturated carbocycles. The minimum Gasteiger partial charge on any atom is -0.379 e. The second-order valence-electron chi connectivity index (χ2n) is 4.68. The third-order valence-electron chi connectivity index (χ3n) is 3.15. The molecule has 1 unspecified atom stereocenters. The molecule has 4 nitrogen and oxygen atoms in total. The molecule has 1 fully saturated rings. The Morgan fingerprint density at radius 2 is 1.71 bits per heavy atom. The first-order valence-electron chi connectivity index (χ1n) is 6.80. The van der Waals surface area contributed by atoms with E-state index in [1.165, 1.54) is 6.42 Å². The number of hydrogen-bond donors (Lipinski definition) is 1. The van der Waals surface area contributed by atoms with Crippen molar-refractivity contribution in [2.24, 2.45) is 5.92 Å². The number of hydrogen-bond acceptors (Lipinski definition) is 4.